The van der Waals surface area contributed by atoms with Crippen molar-refractivity contribution in [3.05, 3.63) is 65.0 Å². The number of hydrogen-bond donors (Lipinski definition) is 0. The molecule has 2 heterocycles. The first-order valence-corrected chi connectivity index (χ1v) is 8.76. The highest BCUT2D eigenvalue weighted by Gasteiger charge is 2.35. The lowest BCUT2D eigenvalue weighted by atomic mass is 10.1. The highest BCUT2D eigenvalue weighted by atomic mass is 35.5. The Bertz CT molecular complexity index is 1020. The molecule has 1 aromatic heterocycles. The predicted octanol–water partition coefficient (Wildman–Crippen LogP) is 4.93. The lowest BCUT2D eigenvalue weighted by Gasteiger charge is -2.15. The first kappa shape index (κ1) is 18.5. The van der Waals surface area contributed by atoms with Gasteiger partial charge in [-0.25, -0.2) is 0 Å². The zero-order valence-corrected chi connectivity index (χ0v) is 15.0. The van der Waals surface area contributed by atoms with Crippen LogP contribution < -0.4 is 4.90 Å². The Morgan fingerprint density at radius 1 is 1.14 bits per heavy atom. The molecule has 0 aliphatic carbocycles. The van der Waals surface area contributed by atoms with Crippen LogP contribution in [0.3, 0.4) is 0 Å². The molecule has 0 radical (unpaired) electrons. The molecule has 0 bridgehead atoms. The van der Waals surface area contributed by atoms with Crippen LogP contribution in [0, 0.1) is 0 Å². The molecule has 1 fully saturated rings. The van der Waals surface area contributed by atoms with Gasteiger partial charge in [0.05, 0.1) is 11.5 Å². The average molecular weight is 408 g/mol. The summed E-state index contributed by atoms with van der Waals surface area (Å²) >= 11 is 5.87. The van der Waals surface area contributed by atoms with Crippen LogP contribution in [-0.4, -0.2) is 22.6 Å². The van der Waals surface area contributed by atoms with Gasteiger partial charge in [-0.2, -0.15) is 18.2 Å². The highest BCUT2D eigenvalue weighted by molar-refractivity contribution is 6.30. The van der Waals surface area contributed by atoms with Crippen molar-refractivity contribution in [1.29, 1.82) is 0 Å². The van der Waals surface area contributed by atoms with Crippen LogP contribution in [0.2, 0.25) is 5.02 Å². The summed E-state index contributed by atoms with van der Waals surface area (Å²) < 4.78 is 43.9. The van der Waals surface area contributed by atoms with E-state index in [-0.39, 0.29) is 35.5 Å². The monoisotopic (exact) mass is 407 g/mol. The predicted molar refractivity (Wildman–Crippen MR) is 95.9 cm³/mol. The van der Waals surface area contributed by atoms with Crippen molar-refractivity contribution in [3.8, 4) is 11.4 Å². The van der Waals surface area contributed by atoms with Crippen molar-refractivity contribution in [3.63, 3.8) is 0 Å². The summed E-state index contributed by atoms with van der Waals surface area (Å²) in [7, 11) is 0. The number of rotatable bonds is 3. The Labute approximate surface area is 162 Å². The van der Waals surface area contributed by atoms with E-state index in [1.807, 2.05) is 0 Å². The number of amides is 1. The Balaban J connectivity index is 1.55. The molecule has 1 aliphatic rings. The summed E-state index contributed by atoms with van der Waals surface area (Å²) in [6, 6.07) is 11.6. The summed E-state index contributed by atoms with van der Waals surface area (Å²) in [5, 5.41) is 4.35. The molecule has 0 N–H and O–H groups in total. The zero-order chi connectivity index (χ0) is 19.9. The summed E-state index contributed by atoms with van der Waals surface area (Å²) in [5.41, 5.74) is 0.111. The van der Waals surface area contributed by atoms with Gasteiger partial charge in [-0.3, -0.25) is 4.79 Å². The largest absolute Gasteiger partial charge is 0.416 e. The highest BCUT2D eigenvalue weighted by Crippen LogP contribution is 2.34. The molecule has 144 valence electrons. The maximum atomic E-state index is 12.9. The first-order chi connectivity index (χ1) is 13.3. The molecule has 3 aromatic rings. The maximum Gasteiger partial charge on any atom is 0.416 e. The molecule has 1 amide bonds. The molecule has 1 atom stereocenters. The third kappa shape index (κ3) is 3.60. The Morgan fingerprint density at radius 2 is 1.89 bits per heavy atom. The number of anilines is 1. The summed E-state index contributed by atoms with van der Waals surface area (Å²) in [6.45, 7) is 0.338. The normalized spacial score (nSPS) is 17.4. The van der Waals surface area contributed by atoms with E-state index in [0.717, 1.165) is 12.1 Å². The molecule has 4 rings (SSSR count). The Hall–Kier alpha value is -2.87. The number of alkyl halides is 3. The minimum Gasteiger partial charge on any atom is -0.339 e. The second-order valence-corrected chi connectivity index (χ2v) is 6.85. The van der Waals surface area contributed by atoms with Crippen molar-refractivity contribution >= 4 is 23.2 Å². The van der Waals surface area contributed by atoms with Crippen LogP contribution in [0.1, 0.15) is 23.8 Å². The summed E-state index contributed by atoms with van der Waals surface area (Å²) in [4.78, 5) is 18.2. The number of hydrogen-bond acceptors (Lipinski definition) is 4. The van der Waals surface area contributed by atoms with E-state index in [2.05, 4.69) is 10.1 Å². The number of halogens is 4. The summed E-state index contributed by atoms with van der Waals surface area (Å²) in [6.07, 6.45) is -4.29. The van der Waals surface area contributed by atoms with Gasteiger partial charge in [-0.1, -0.05) is 28.9 Å². The van der Waals surface area contributed by atoms with Gasteiger partial charge in [0.25, 0.3) is 0 Å². The van der Waals surface area contributed by atoms with Gasteiger partial charge in [0.1, 0.15) is 0 Å². The molecule has 28 heavy (non-hydrogen) atoms. The van der Waals surface area contributed by atoms with Gasteiger partial charge in [0.15, 0.2) is 0 Å². The second-order valence-electron chi connectivity index (χ2n) is 6.42. The fourth-order valence-corrected chi connectivity index (χ4v) is 3.22. The lowest BCUT2D eigenvalue weighted by molar-refractivity contribution is -0.137. The summed E-state index contributed by atoms with van der Waals surface area (Å²) in [5.74, 6) is -0.169. The van der Waals surface area contributed by atoms with Gasteiger partial charge < -0.3 is 9.42 Å². The van der Waals surface area contributed by atoms with E-state index in [9.17, 15) is 18.0 Å². The maximum absolute atomic E-state index is 12.9. The minimum absolute atomic E-state index is 0.0542. The second kappa shape index (κ2) is 6.94. The van der Waals surface area contributed by atoms with Crippen molar-refractivity contribution in [2.45, 2.75) is 18.5 Å². The third-order valence-corrected chi connectivity index (χ3v) is 4.75. The Kier molecular flexibility index (Phi) is 4.58. The van der Waals surface area contributed by atoms with Crippen LogP contribution in [0.4, 0.5) is 18.9 Å². The smallest absolute Gasteiger partial charge is 0.339 e. The van der Waals surface area contributed by atoms with Gasteiger partial charge >= 0.3 is 6.18 Å². The van der Waals surface area contributed by atoms with Crippen LogP contribution >= 0.6 is 11.6 Å². The lowest BCUT2D eigenvalue weighted by Crippen LogP contribution is -2.24. The average Bonchev–Trinajstić information content (AvgIpc) is 3.29. The molecular formula is C19H13ClF3N3O2. The molecule has 1 aliphatic heterocycles. The first-order valence-electron chi connectivity index (χ1n) is 8.38. The van der Waals surface area contributed by atoms with Crippen LogP contribution in [0.25, 0.3) is 11.4 Å². The third-order valence-electron chi connectivity index (χ3n) is 4.50. The SMILES string of the molecule is O=C1C[C@@H](c2nc(-c3cccc(C(F)(F)F)c3)no2)CN1c1ccc(Cl)cc1. The van der Waals surface area contributed by atoms with Crippen LogP contribution in [0.15, 0.2) is 53.1 Å². The topological polar surface area (TPSA) is 59.2 Å². The molecule has 0 unspecified atom stereocenters. The number of benzene rings is 2. The molecule has 0 saturated carbocycles. The van der Waals surface area contributed by atoms with E-state index in [4.69, 9.17) is 16.1 Å². The number of carbonyl (C=O) groups excluding carboxylic acids is 1. The van der Waals surface area contributed by atoms with Crippen molar-refractivity contribution < 1.29 is 22.5 Å². The van der Waals surface area contributed by atoms with Gasteiger partial charge in [-0.05, 0) is 36.4 Å². The molecule has 5 nitrogen and oxygen atoms in total. The van der Waals surface area contributed by atoms with Gasteiger partial charge in [-0.15, -0.1) is 0 Å². The number of carbonyl (C=O) groups is 1. The fourth-order valence-electron chi connectivity index (χ4n) is 3.10. The Morgan fingerprint density at radius 3 is 2.61 bits per heavy atom. The molecule has 9 heteroatoms. The molecule has 0 spiro atoms. The van der Waals surface area contributed by atoms with E-state index in [1.54, 1.807) is 29.2 Å². The number of nitrogens with zero attached hydrogens (tertiary/aromatic N) is 3. The van der Waals surface area contributed by atoms with Gasteiger partial charge in [0, 0.05) is 29.2 Å². The van der Waals surface area contributed by atoms with E-state index in [0.29, 0.717) is 17.3 Å². The molecule has 2 aromatic carbocycles. The van der Waals surface area contributed by atoms with Crippen molar-refractivity contribution in [1.82, 2.24) is 10.1 Å². The van der Waals surface area contributed by atoms with E-state index in [1.165, 1.54) is 12.1 Å². The standard InChI is InChI=1S/C19H13ClF3N3O2/c20-14-4-6-15(7-5-14)26-10-12(9-16(26)27)18-24-17(25-28-18)11-2-1-3-13(8-11)19(21,22)23/h1-8,12H,9-10H2/t12-/m1/s1. The molecule has 1 saturated heterocycles. The zero-order valence-electron chi connectivity index (χ0n) is 14.3. The van der Waals surface area contributed by atoms with Crippen LogP contribution in [-0.2, 0) is 11.0 Å². The van der Waals surface area contributed by atoms with Gasteiger partial charge in [0.2, 0.25) is 17.6 Å². The van der Waals surface area contributed by atoms with Crippen LogP contribution in [0.5, 0.6) is 0 Å². The minimum atomic E-state index is -4.46. The quantitative estimate of drug-likeness (QED) is 0.617. The number of aromatic nitrogens is 2. The van der Waals surface area contributed by atoms with E-state index < -0.39 is 11.7 Å². The van der Waals surface area contributed by atoms with E-state index >= 15 is 0 Å². The molecular weight excluding hydrogens is 395 g/mol. The fraction of sp³-hybridized carbons (Fsp3) is 0.211. The van der Waals surface area contributed by atoms with Crippen molar-refractivity contribution in [2.24, 2.45) is 0 Å². The van der Waals surface area contributed by atoms with Crippen molar-refractivity contribution in [2.75, 3.05) is 11.4 Å².